The normalized spacial score (nSPS) is 9.68. The predicted octanol–water partition coefficient (Wildman–Crippen LogP) is 2.29. The minimum atomic E-state index is -1.00. The Morgan fingerprint density at radius 1 is 1.11 bits per heavy atom. The van der Waals surface area contributed by atoms with Gasteiger partial charge in [-0.3, -0.25) is 30.3 Å². The molecule has 0 spiro atoms. The molecule has 19 heavy (non-hydrogen) atoms. The molecule has 0 atom stereocenters. The summed E-state index contributed by atoms with van der Waals surface area (Å²) < 4.78 is 0. The average molecular weight is 284 g/mol. The Kier molecular flexibility index (Phi) is 3.97. The maximum Gasteiger partial charge on any atom is 0.300 e. The van der Waals surface area contributed by atoms with Crippen LogP contribution in [0.4, 0.5) is 17.1 Å². The summed E-state index contributed by atoms with van der Waals surface area (Å²) in [5, 5.41) is 42.5. The summed E-state index contributed by atoms with van der Waals surface area (Å²) in [5.74, 6) is 0. The topological polar surface area (TPSA) is 153 Å². The number of nitro benzene ring substituents is 3. The van der Waals surface area contributed by atoms with Crippen LogP contribution in [-0.4, -0.2) is 14.8 Å². The molecule has 0 aliphatic carbocycles. The van der Waals surface area contributed by atoms with E-state index in [9.17, 15) is 30.3 Å². The SMILES string of the molecule is Cc1c([N+](=O)[O-])cc([N+](=O)[O-])c(SC#N)c1[N+](=O)[O-]. The van der Waals surface area contributed by atoms with Gasteiger partial charge in [0.2, 0.25) is 0 Å². The second kappa shape index (κ2) is 5.27. The zero-order valence-corrected chi connectivity index (χ0v) is 10.0. The highest BCUT2D eigenvalue weighted by atomic mass is 32.2. The number of rotatable bonds is 4. The largest absolute Gasteiger partial charge is 0.300 e. The molecule has 0 amide bonds. The Hall–Kier alpha value is -2.74. The molecule has 0 radical (unpaired) electrons. The van der Waals surface area contributed by atoms with Gasteiger partial charge in [-0.25, -0.2) is 0 Å². The summed E-state index contributed by atoms with van der Waals surface area (Å²) in [6.07, 6.45) is 0. The molecule has 98 valence electrons. The minimum absolute atomic E-state index is 0.219. The molecule has 1 aromatic carbocycles. The van der Waals surface area contributed by atoms with Crippen molar-refractivity contribution in [1.29, 1.82) is 5.26 Å². The van der Waals surface area contributed by atoms with E-state index in [1.54, 1.807) is 0 Å². The van der Waals surface area contributed by atoms with Crippen molar-refractivity contribution in [2.45, 2.75) is 11.8 Å². The van der Waals surface area contributed by atoms with Crippen LogP contribution in [0.2, 0.25) is 0 Å². The summed E-state index contributed by atoms with van der Waals surface area (Å²) in [6, 6.07) is 0.613. The number of thioether (sulfide) groups is 1. The molecule has 0 bridgehead atoms. The van der Waals surface area contributed by atoms with Gasteiger partial charge in [0, 0.05) is 11.8 Å². The maximum absolute atomic E-state index is 10.9. The number of nitriles is 1. The first kappa shape index (κ1) is 14.3. The fourth-order valence-corrected chi connectivity index (χ4v) is 2.06. The Bertz CT molecular complexity index is 637. The lowest BCUT2D eigenvalue weighted by molar-refractivity contribution is -0.408. The van der Waals surface area contributed by atoms with Crippen molar-refractivity contribution in [2.24, 2.45) is 0 Å². The number of hydrogen-bond donors (Lipinski definition) is 0. The number of benzene rings is 1. The van der Waals surface area contributed by atoms with Crippen LogP contribution in [0.5, 0.6) is 0 Å². The minimum Gasteiger partial charge on any atom is -0.258 e. The van der Waals surface area contributed by atoms with Crippen LogP contribution in [-0.2, 0) is 0 Å². The molecule has 1 rings (SSSR count). The van der Waals surface area contributed by atoms with E-state index in [0.717, 1.165) is 6.92 Å². The Morgan fingerprint density at radius 3 is 2.00 bits per heavy atom. The molecule has 0 unspecified atom stereocenters. The van der Waals surface area contributed by atoms with Crippen molar-refractivity contribution < 1.29 is 14.8 Å². The lowest BCUT2D eigenvalue weighted by atomic mass is 10.1. The lowest BCUT2D eigenvalue weighted by Gasteiger charge is -2.03. The highest BCUT2D eigenvalue weighted by molar-refractivity contribution is 8.04. The monoisotopic (exact) mass is 284 g/mol. The van der Waals surface area contributed by atoms with E-state index in [-0.39, 0.29) is 17.3 Å². The zero-order chi connectivity index (χ0) is 14.7. The van der Waals surface area contributed by atoms with Gasteiger partial charge in [-0.15, -0.1) is 0 Å². The van der Waals surface area contributed by atoms with E-state index in [2.05, 4.69) is 0 Å². The molecule has 0 aromatic heterocycles. The van der Waals surface area contributed by atoms with E-state index in [1.165, 1.54) is 5.40 Å². The van der Waals surface area contributed by atoms with Crippen molar-refractivity contribution in [3.05, 3.63) is 42.0 Å². The van der Waals surface area contributed by atoms with Gasteiger partial charge >= 0.3 is 5.69 Å². The molecule has 0 aliphatic heterocycles. The highest BCUT2D eigenvalue weighted by Crippen LogP contribution is 2.43. The first-order valence-corrected chi connectivity index (χ1v) is 5.29. The standard InChI is InChI=1S/C8H4N4O6S/c1-4-5(10(13)14)2-6(11(15)16)8(19-3-9)7(4)12(17)18/h2H,1H3. The molecular weight excluding hydrogens is 280 g/mol. The number of hydrogen-bond acceptors (Lipinski definition) is 8. The second-order valence-corrected chi connectivity index (χ2v) is 3.98. The Labute approximate surface area is 109 Å². The third-order valence-corrected chi connectivity index (χ3v) is 2.88. The molecule has 0 heterocycles. The van der Waals surface area contributed by atoms with Crippen LogP contribution in [0.1, 0.15) is 5.56 Å². The third kappa shape index (κ3) is 2.58. The van der Waals surface area contributed by atoms with Crippen LogP contribution in [0.15, 0.2) is 11.0 Å². The van der Waals surface area contributed by atoms with Crippen molar-refractivity contribution in [3.8, 4) is 5.40 Å². The van der Waals surface area contributed by atoms with E-state index < -0.39 is 36.7 Å². The van der Waals surface area contributed by atoms with Crippen molar-refractivity contribution in [3.63, 3.8) is 0 Å². The molecule has 0 N–H and O–H groups in total. The van der Waals surface area contributed by atoms with Gasteiger partial charge in [0.25, 0.3) is 11.4 Å². The Morgan fingerprint density at radius 2 is 1.63 bits per heavy atom. The smallest absolute Gasteiger partial charge is 0.258 e. The summed E-state index contributed by atoms with van der Waals surface area (Å²) in [7, 11) is 0. The average Bonchev–Trinajstić information content (AvgIpc) is 2.27. The highest BCUT2D eigenvalue weighted by Gasteiger charge is 2.34. The first-order valence-electron chi connectivity index (χ1n) is 4.48. The predicted molar refractivity (Wildman–Crippen MR) is 62.6 cm³/mol. The van der Waals surface area contributed by atoms with Crippen LogP contribution in [0.25, 0.3) is 0 Å². The molecule has 0 saturated heterocycles. The summed E-state index contributed by atoms with van der Waals surface area (Å²) in [6.45, 7) is 1.10. The molecule has 0 saturated carbocycles. The second-order valence-electron chi connectivity index (χ2n) is 3.18. The van der Waals surface area contributed by atoms with Gasteiger partial charge in [-0.05, 0) is 6.92 Å². The van der Waals surface area contributed by atoms with Gasteiger partial charge in [0.05, 0.1) is 20.8 Å². The molecule has 10 nitrogen and oxygen atoms in total. The zero-order valence-electron chi connectivity index (χ0n) is 9.22. The molecular formula is C8H4N4O6S. The van der Waals surface area contributed by atoms with E-state index >= 15 is 0 Å². The summed E-state index contributed by atoms with van der Waals surface area (Å²) >= 11 is 0.219. The third-order valence-electron chi connectivity index (χ3n) is 2.18. The van der Waals surface area contributed by atoms with Crippen molar-refractivity contribution >= 4 is 28.8 Å². The van der Waals surface area contributed by atoms with E-state index in [0.29, 0.717) is 6.07 Å². The maximum atomic E-state index is 10.9. The van der Waals surface area contributed by atoms with Gasteiger partial charge in [-0.1, -0.05) is 0 Å². The quantitative estimate of drug-likeness (QED) is 0.353. The molecule has 1 aromatic rings. The first-order chi connectivity index (χ1) is 8.81. The number of nitro groups is 3. The van der Waals surface area contributed by atoms with Gasteiger partial charge in [-0.2, -0.15) is 5.26 Å². The van der Waals surface area contributed by atoms with E-state index in [1.807, 2.05) is 0 Å². The molecule has 11 heteroatoms. The fraction of sp³-hybridized carbons (Fsp3) is 0.125. The summed E-state index contributed by atoms with van der Waals surface area (Å²) in [4.78, 5) is 29.0. The Balaban J connectivity index is 3.84. The van der Waals surface area contributed by atoms with Crippen molar-refractivity contribution in [2.75, 3.05) is 0 Å². The molecule has 0 aliphatic rings. The fourth-order valence-electron chi connectivity index (χ4n) is 1.41. The van der Waals surface area contributed by atoms with E-state index in [4.69, 9.17) is 5.26 Å². The van der Waals surface area contributed by atoms with Crippen LogP contribution in [0.3, 0.4) is 0 Å². The molecule has 0 fully saturated rings. The van der Waals surface area contributed by atoms with Gasteiger partial charge < -0.3 is 0 Å². The van der Waals surface area contributed by atoms with Gasteiger partial charge in [0.15, 0.2) is 4.90 Å². The number of nitrogens with zero attached hydrogens (tertiary/aromatic N) is 4. The number of thiocyanates is 1. The van der Waals surface area contributed by atoms with Crippen molar-refractivity contribution in [1.82, 2.24) is 0 Å². The summed E-state index contributed by atoms with van der Waals surface area (Å²) in [5.41, 5.74) is -2.71. The van der Waals surface area contributed by atoms with Gasteiger partial charge in [0.1, 0.15) is 11.0 Å². The van der Waals surface area contributed by atoms with Crippen LogP contribution >= 0.6 is 11.8 Å². The van der Waals surface area contributed by atoms with Crippen LogP contribution in [0, 0.1) is 47.9 Å². The lowest BCUT2D eigenvalue weighted by Crippen LogP contribution is -2.03. The van der Waals surface area contributed by atoms with Crippen LogP contribution < -0.4 is 0 Å².